The molecule has 0 amide bonds. The van der Waals surface area contributed by atoms with E-state index < -0.39 is 7.82 Å². The van der Waals surface area contributed by atoms with Gasteiger partial charge in [0, 0.05) is 0 Å². The topological polar surface area (TPSA) is 98.0 Å². The zero-order valence-corrected chi connectivity index (χ0v) is 5.27. The van der Waals surface area contributed by atoms with E-state index in [9.17, 15) is 0 Å². The molecule has 7 heteroatoms. The summed E-state index contributed by atoms with van der Waals surface area (Å²) in [6.45, 7) is 0. The number of hydrogen-bond acceptors (Lipinski definition) is 2. The highest BCUT2D eigenvalue weighted by atomic mass is 31.2. The van der Waals surface area contributed by atoms with Crippen molar-refractivity contribution in [1.82, 2.24) is 0 Å². The van der Waals surface area contributed by atoms with Gasteiger partial charge in [-0.2, -0.15) is 0 Å². The molecule has 0 aliphatic carbocycles. The number of rotatable bonds is 0. The molecule has 5 nitrogen and oxygen atoms in total. The first-order chi connectivity index (χ1) is 3.00. The smallest absolute Gasteiger partial charge is 0.466 e. The summed E-state index contributed by atoms with van der Waals surface area (Å²) in [4.78, 5) is 21.6. The van der Waals surface area contributed by atoms with Crippen LogP contribution >= 0.6 is 7.82 Å². The molecule has 0 aliphatic rings. The van der Waals surface area contributed by atoms with Gasteiger partial charge in [0.15, 0.2) is 0 Å². The van der Waals surface area contributed by atoms with Gasteiger partial charge in [-0.25, -0.2) is 4.57 Å². The molecular weight excluding hydrogens is 138 g/mol. The van der Waals surface area contributed by atoms with E-state index in [1.807, 2.05) is 0 Å². The molecule has 0 atom stereocenters. The third-order valence-electron chi connectivity index (χ3n) is 0. The summed E-state index contributed by atoms with van der Waals surface area (Å²) in [7, 11) is -4.64. The van der Waals surface area contributed by atoms with E-state index in [0.717, 1.165) is 0 Å². The maximum atomic E-state index is 8.88. The normalized spacial score (nSPS) is 9.14. The van der Waals surface area contributed by atoms with Crippen molar-refractivity contribution in [3.63, 3.8) is 0 Å². The lowest BCUT2D eigenvalue weighted by Gasteiger charge is -1.82. The molecule has 0 aromatic rings. The second-order valence-corrected chi connectivity index (χ2v) is 1.54. The number of phosphoric acid groups is 1. The average molecular weight is 142 g/mol. The Bertz CT molecular complexity index is 54.2. The molecule has 0 saturated heterocycles. The van der Waals surface area contributed by atoms with Crippen LogP contribution in [0.15, 0.2) is 0 Å². The molecule has 42 valence electrons. The summed E-state index contributed by atoms with van der Waals surface area (Å²) in [5, 5.41) is 0. The van der Waals surface area contributed by atoms with Crippen molar-refractivity contribution in [1.29, 1.82) is 0 Å². The molecule has 0 saturated carbocycles. The summed E-state index contributed by atoms with van der Waals surface area (Å²) in [5.74, 6) is 0. The van der Waals surface area contributed by atoms with Crippen molar-refractivity contribution in [2.24, 2.45) is 0 Å². The van der Waals surface area contributed by atoms with Gasteiger partial charge < -0.3 is 18.8 Å². The fraction of sp³-hybridized carbons (Fsp3) is 0. The molecule has 4 N–H and O–H groups in total. The molecular formula is H4AlO5P. The van der Waals surface area contributed by atoms with E-state index in [2.05, 4.69) is 0 Å². The summed E-state index contributed by atoms with van der Waals surface area (Å²) in [5.41, 5.74) is 0. The van der Waals surface area contributed by atoms with Crippen molar-refractivity contribution in [3.8, 4) is 0 Å². The molecule has 0 spiro atoms. The summed E-state index contributed by atoms with van der Waals surface area (Å²) < 4.78 is 15.8. The molecule has 0 rings (SSSR count). The minimum atomic E-state index is -4.64. The summed E-state index contributed by atoms with van der Waals surface area (Å²) in [6, 6.07) is 0. The lowest BCUT2D eigenvalue weighted by molar-refractivity contribution is 0.275. The lowest BCUT2D eigenvalue weighted by atomic mass is 15.8. The van der Waals surface area contributed by atoms with Gasteiger partial charge in [0.25, 0.3) is 0 Å². The van der Waals surface area contributed by atoms with E-state index in [0.29, 0.717) is 0 Å². The largest absolute Gasteiger partial charge is 0.529 e. The van der Waals surface area contributed by atoms with Gasteiger partial charge in [0.05, 0.1) is 0 Å². The van der Waals surface area contributed by atoms with Crippen LogP contribution in [0.3, 0.4) is 0 Å². The van der Waals surface area contributed by atoms with Crippen LogP contribution in [0.1, 0.15) is 0 Å². The Balaban J connectivity index is 0. The Morgan fingerprint density at radius 3 is 1.14 bits per heavy atom. The van der Waals surface area contributed by atoms with Crippen LogP contribution in [0.2, 0.25) is 0 Å². The van der Waals surface area contributed by atoms with Crippen molar-refractivity contribution >= 4 is 24.4 Å². The Labute approximate surface area is 48.6 Å². The van der Waals surface area contributed by atoms with Gasteiger partial charge in [-0.1, -0.05) is 0 Å². The first kappa shape index (κ1) is 10.6. The van der Waals surface area contributed by atoms with Gasteiger partial charge in [-0.15, -0.1) is 0 Å². The standard InChI is InChI=1S/Al.H3O4P.H2O/c;1-5(2,3)4;/h;(H3,1,2,3,4);1H2/q+1;;/p-1. The number of hydrogen-bond donors (Lipinski definition) is 4. The maximum Gasteiger partial charge on any atom is 0.466 e. The minimum absolute atomic E-state index is 1.42. The predicted molar refractivity (Wildman–Crippen MR) is 22.2 cm³/mol. The summed E-state index contributed by atoms with van der Waals surface area (Å²) >= 11 is 1.42. The van der Waals surface area contributed by atoms with Gasteiger partial charge in [-0.3, -0.25) is 0 Å². The van der Waals surface area contributed by atoms with E-state index in [1.165, 1.54) is 16.6 Å². The SMILES string of the molecule is O=P(O)(O)O.[OH][Al]. The third kappa shape index (κ3) is 385. The highest BCUT2D eigenvalue weighted by Gasteiger charge is 2.00. The highest BCUT2D eigenvalue weighted by molar-refractivity contribution is 7.45. The van der Waals surface area contributed by atoms with Gasteiger partial charge in [0.1, 0.15) is 0 Å². The van der Waals surface area contributed by atoms with Crippen molar-refractivity contribution in [3.05, 3.63) is 0 Å². The van der Waals surface area contributed by atoms with Crippen LogP contribution in [0, 0.1) is 0 Å². The van der Waals surface area contributed by atoms with Crippen LogP contribution in [0.4, 0.5) is 0 Å². The van der Waals surface area contributed by atoms with Crippen LogP contribution < -0.4 is 0 Å². The maximum absolute atomic E-state index is 8.88. The van der Waals surface area contributed by atoms with Crippen LogP contribution in [-0.4, -0.2) is 35.5 Å². The predicted octanol–water partition coefficient (Wildman–Crippen LogP) is -1.87. The Kier molecular flexibility index (Phi) is 7.17. The fourth-order valence-corrected chi connectivity index (χ4v) is 0. The zero-order valence-electron chi connectivity index (χ0n) is 3.22. The zero-order chi connectivity index (χ0) is 6.50. The Morgan fingerprint density at radius 2 is 1.14 bits per heavy atom. The molecule has 0 unspecified atom stereocenters. The Hall–Kier alpha value is 0.602. The van der Waals surface area contributed by atoms with Gasteiger partial charge >= 0.3 is 24.4 Å². The molecule has 0 aliphatic heterocycles. The molecule has 0 aromatic heterocycles. The van der Waals surface area contributed by atoms with E-state index >= 15 is 0 Å². The van der Waals surface area contributed by atoms with Crippen LogP contribution in [-0.2, 0) is 4.57 Å². The van der Waals surface area contributed by atoms with Gasteiger partial charge in [0.2, 0.25) is 0 Å². The van der Waals surface area contributed by atoms with Gasteiger partial charge in [-0.05, 0) is 0 Å². The van der Waals surface area contributed by atoms with Crippen molar-refractivity contribution < 1.29 is 23.4 Å². The molecule has 0 fully saturated rings. The molecule has 2 radical (unpaired) electrons. The van der Waals surface area contributed by atoms with Crippen molar-refractivity contribution in [2.45, 2.75) is 0 Å². The molecule has 0 bridgehead atoms. The quantitative estimate of drug-likeness (QED) is 0.234. The average Bonchev–Trinajstić information content (AvgIpc) is 1.36. The monoisotopic (exact) mass is 142 g/mol. The second-order valence-electron chi connectivity index (χ2n) is 0.513. The summed E-state index contributed by atoms with van der Waals surface area (Å²) in [6.07, 6.45) is 0. The molecule has 7 heavy (non-hydrogen) atoms. The van der Waals surface area contributed by atoms with E-state index in [-0.39, 0.29) is 0 Å². The van der Waals surface area contributed by atoms with E-state index in [1.54, 1.807) is 0 Å². The minimum Gasteiger partial charge on any atom is -0.529 e. The molecule has 0 aromatic carbocycles. The van der Waals surface area contributed by atoms with E-state index in [4.69, 9.17) is 23.4 Å². The first-order valence-corrected chi connectivity index (χ1v) is 3.12. The van der Waals surface area contributed by atoms with Crippen molar-refractivity contribution in [2.75, 3.05) is 0 Å². The van der Waals surface area contributed by atoms with Crippen LogP contribution in [0.25, 0.3) is 0 Å². The highest BCUT2D eigenvalue weighted by Crippen LogP contribution is 2.25. The first-order valence-electron chi connectivity index (χ1n) is 1.04. The second kappa shape index (κ2) is 4.75. The lowest BCUT2D eigenvalue weighted by Crippen LogP contribution is -1.66. The van der Waals surface area contributed by atoms with Crippen LogP contribution in [0.5, 0.6) is 0 Å². The third-order valence-corrected chi connectivity index (χ3v) is 0. The Morgan fingerprint density at radius 1 is 1.14 bits per heavy atom. The fourth-order valence-electron chi connectivity index (χ4n) is 0. The molecule has 0 heterocycles.